The van der Waals surface area contributed by atoms with Crippen LogP contribution in [0.1, 0.15) is 62.0 Å². The molecule has 1 saturated carbocycles. The molecular formula is C24H31N5OS. The van der Waals surface area contributed by atoms with Gasteiger partial charge in [-0.15, -0.1) is 11.3 Å². The Hall–Kier alpha value is -2.54. The average Bonchev–Trinajstić information content (AvgIpc) is 3.39. The van der Waals surface area contributed by atoms with E-state index in [0.29, 0.717) is 11.8 Å². The van der Waals surface area contributed by atoms with Gasteiger partial charge in [-0.05, 0) is 37.7 Å². The summed E-state index contributed by atoms with van der Waals surface area (Å²) in [7, 11) is 0. The molecule has 0 aliphatic heterocycles. The minimum atomic E-state index is 0.0243. The van der Waals surface area contributed by atoms with Crippen LogP contribution in [0.4, 0.5) is 0 Å². The summed E-state index contributed by atoms with van der Waals surface area (Å²) in [6.45, 7) is 8.04. The first kappa shape index (κ1) is 21.7. The summed E-state index contributed by atoms with van der Waals surface area (Å²) in [6.07, 6.45) is 11.4. The van der Waals surface area contributed by atoms with Crippen molar-refractivity contribution in [2.24, 2.45) is 11.8 Å². The Morgan fingerprint density at radius 3 is 2.74 bits per heavy atom. The Bertz CT molecular complexity index is 1020. The van der Waals surface area contributed by atoms with Crippen molar-refractivity contribution in [2.45, 2.75) is 59.4 Å². The lowest BCUT2D eigenvalue weighted by Gasteiger charge is -2.21. The predicted molar refractivity (Wildman–Crippen MR) is 125 cm³/mol. The number of hydrogen-bond donors (Lipinski definition) is 1. The molecule has 0 spiro atoms. The Labute approximate surface area is 188 Å². The molecule has 7 heteroatoms. The Balaban J connectivity index is 1.60. The summed E-state index contributed by atoms with van der Waals surface area (Å²) < 4.78 is 2.23. The molecule has 3 aromatic rings. The van der Waals surface area contributed by atoms with E-state index in [9.17, 15) is 4.79 Å². The second kappa shape index (κ2) is 9.73. The third-order valence-corrected chi connectivity index (χ3v) is 6.85. The second-order valence-corrected chi connectivity index (χ2v) is 9.73. The van der Waals surface area contributed by atoms with Gasteiger partial charge < -0.3 is 9.88 Å². The van der Waals surface area contributed by atoms with Crippen LogP contribution in [0, 0.1) is 18.8 Å². The lowest BCUT2D eigenvalue weighted by molar-refractivity contribution is 0.0943. The first-order chi connectivity index (χ1) is 15.0. The van der Waals surface area contributed by atoms with Crippen molar-refractivity contribution >= 4 is 17.2 Å². The van der Waals surface area contributed by atoms with E-state index in [-0.39, 0.29) is 5.91 Å². The fraction of sp³-hybridized carbons (Fsp3) is 0.500. The van der Waals surface area contributed by atoms with E-state index in [1.54, 1.807) is 29.9 Å². The zero-order valence-corrected chi connectivity index (χ0v) is 19.4. The Kier molecular flexibility index (Phi) is 6.80. The van der Waals surface area contributed by atoms with Gasteiger partial charge in [-0.1, -0.05) is 33.1 Å². The van der Waals surface area contributed by atoms with E-state index >= 15 is 0 Å². The molecule has 0 aromatic carbocycles. The van der Waals surface area contributed by atoms with Gasteiger partial charge in [0.1, 0.15) is 10.7 Å². The maximum atomic E-state index is 13.1. The summed E-state index contributed by atoms with van der Waals surface area (Å²) in [5.41, 5.74) is 4.38. The topological polar surface area (TPSA) is 72.7 Å². The van der Waals surface area contributed by atoms with Gasteiger partial charge in [-0.2, -0.15) is 0 Å². The van der Waals surface area contributed by atoms with Crippen LogP contribution < -0.4 is 5.32 Å². The van der Waals surface area contributed by atoms with Crippen molar-refractivity contribution in [1.29, 1.82) is 0 Å². The summed E-state index contributed by atoms with van der Waals surface area (Å²) in [5.74, 6) is 1.10. The van der Waals surface area contributed by atoms with E-state index < -0.39 is 0 Å². The summed E-state index contributed by atoms with van der Waals surface area (Å²) >= 11 is 1.55. The van der Waals surface area contributed by atoms with Gasteiger partial charge in [0.15, 0.2) is 0 Å². The molecule has 1 aliphatic rings. The highest BCUT2D eigenvalue weighted by molar-refractivity contribution is 7.13. The largest absolute Gasteiger partial charge is 0.352 e. The molecule has 0 bridgehead atoms. The summed E-state index contributed by atoms with van der Waals surface area (Å²) in [4.78, 5) is 26.4. The fourth-order valence-electron chi connectivity index (χ4n) is 4.33. The number of amides is 1. The van der Waals surface area contributed by atoms with Crippen LogP contribution in [0.5, 0.6) is 0 Å². The van der Waals surface area contributed by atoms with Gasteiger partial charge in [0, 0.05) is 36.6 Å². The molecule has 6 nitrogen and oxygen atoms in total. The average molecular weight is 438 g/mol. The molecule has 3 heterocycles. The van der Waals surface area contributed by atoms with Gasteiger partial charge >= 0.3 is 0 Å². The summed E-state index contributed by atoms with van der Waals surface area (Å²) in [5, 5.41) is 6.07. The standard InChI is InChI=1S/C24H31N5OS/c1-16(2)14-29-17(3)19(23(30)27-12-18-7-5-4-6-8-18)11-22(29)21-15-31-24(28-21)20-13-25-9-10-26-20/h9-11,13,15-16,18H,4-8,12,14H2,1-3H3,(H,27,30). The normalized spacial score (nSPS) is 14.8. The number of hydrogen-bond acceptors (Lipinski definition) is 5. The summed E-state index contributed by atoms with van der Waals surface area (Å²) in [6, 6.07) is 2.00. The zero-order chi connectivity index (χ0) is 21.8. The smallest absolute Gasteiger partial charge is 0.253 e. The van der Waals surface area contributed by atoms with Crippen LogP contribution in [0.2, 0.25) is 0 Å². The molecule has 1 amide bonds. The molecule has 0 saturated heterocycles. The lowest BCUT2D eigenvalue weighted by Crippen LogP contribution is -2.30. The molecule has 164 valence electrons. The molecule has 0 radical (unpaired) electrons. The van der Waals surface area contributed by atoms with Gasteiger partial charge in [-0.25, -0.2) is 4.98 Å². The highest BCUT2D eigenvalue weighted by Gasteiger charge is 2.22. The van der Waals surface area contributed by atoms with Crippen molar-refractivity contribution in [1.82, 2.24) is 24.8 Å². The SMILES string of the molecule is Cc1c(C(=O)NCC2CCCCC2)cc(-c2csc(-c3cnccn3)n2)n1CC(C)C. The van der Waals surface area contributed by atoms with Crippen LogP contribution in [0.25, 0.3) is 22.1 Å². The van der Waals surface area contributed by atoms with Crippen LogP contribution in [-0.2, 0) is 6.54 Å². The molecule has 1 fully saturated rings. The third kappa shape index (κ3) is 5.03. The molecule has 4 rings (SSSR count). The van der Waals surface area contributed by atoms with E-state index in [4.69, 9.17) is 4.98 Å². The number of nitrogens with one attached hydrogen (secondary N) is 1. The van der Waals surface area contributed by atoms with Gasteiger partial charge in [0.2, 0.25) is 0 Å². The van der Waals surface area contributed by atoms with Gasteiger partial charge in [-0.3, -0.25) is 14.8 Å². The van der Waals surface area contributed by atoms with Crippen LogP contribution in [0.3, 0.4) is 0 Å². The van der Waals surface area contributed by atoms with E-state index in [1.807, 2.05) is 18.4 Å². The first-order valence-corrected chi connectivity index (χ1v) is 12.1. The maximum Gasteiger partial charge on any atom is 0.253 e. The molecular weight excluding hydrogens is 406 g/mol. The highest BCUT2D eigenvalue weighted by Crippen LogP contribution is 2.31. The van der Waals surface area contributed by atoms with E-state index in [1.165, 1.54) is 32.1 Å². The number of rotatable bonds is 7. The van der Waals surface area contributed by atoms with Crippen LogP contribution in [-0.4, -0.2) is 32.0 Å². The maximum absolute atomic E-state index is 13.1. The number of aromatic nitrogens is 4. The van der Waals surface area contributed by atoms with Gasteiger partial charge in [0.25, 0.3) is 5.91 Å². The molecule has 1 aliphatic carbocycles. The Morgan fingerprint density at radius 1 is 1.23 bits per heavy atom. The highest BCUT2D eigenvalue weighted by atomic mass is 32.1. The van der Waals surface area contributed by atoms with Crippen molar-refractivity contribution in [2.75, 3.05) is 6.54 Å². The number of thiazole rings is 1. The third-order valence-electron chi connectivity index (χ3n) is 5.98. The van der Waals surface area contributed by atoms with E-state index in [0.717, 1.165) is 46.4 Å². The quantitative estimate of drug-likeness (QED) is 0.541. The molecule has 0 unspecified atom stereocenters. The molecule has 1 N–H and O–H groups in total. The minimum absolute atomic E-state index is 0.0243. The minimum Gasteiger partial charge on any atom is -0.352 e. The zero-order valence-electron chi connectivity index (χ0n) is 18.6. The van der Waals surface area contributed by atoms with Gasteiger partial charge in [0.05, 0.1) is 23.1 Å². The van der Waals surface area contributed by atoms with Crippen LogP contribution >= 0.6 is 11.3 Å². The van der Waals surface area contributed by atoms with Crippen molar-refractivity contribution in [3.63, 3.8) is 0 Å². The van der Waals surface area contributed by atoms with E-state index in [2.05, 4.69) is 33.7 Å². The van der Waals surface area contributed by atoms with Crippen LogP contribution in [0.15, 0.2) is 30.0 Å². The predicted octanol–water partition coefficient (Wildman–Crippen LogP) is 5.34. The monoisotopic (exact) mass is 437 g/mol. The molecule has 3 aromatic heterocycles. The number of nitrogens with zero attached hydrogens (tertiary/aromatic N) is 4. The van der Waals surface area contributed by atoms with Crippen molar-refractivity contribution in [3.05, 3.63) is 41.3 Å². The number of carbonyl (C=O) groups is 1. The molecule has 31 heavy (non-hydrogen) atoms. The second-order valence-electron chi connectivity index (χ2n) is 8.88. The van der Waals surface area contributed by atoms with Crippen molar-refractivity contribution < 1.29 is 4.79 Å². The Morgan fingerprint density at radius 2 is 2.03 bits per heavy atom. The fourth-order valence-corrected chi connectivity index (χ4v) is 5.10. The number of carbonyl (C=O) groups excluding carboxylic acids is 1. The first-order valence-electron chi connectivity index (χ1n) is 11.2. The van der Waals surface area contributed by atoms with Crippen molar-refractivity contribution in [3.8, 4) is 22.1 Å². The molecule has 0 atom stereocenters. The lowest BCUT2D eigenvalue weighted by atomic mass is 9.89.